The highest BCUT2D eigenvalue weighted by Crippen LogP contribution is 2.43. The van der Waals surface area contributed by atoms with Crippen LogP contribution in [0.5, 0.6) is 0 Å². The quantitative estimate of drug-likeness (QED) is 0.0284. The Morgan fingerprint density at radius 3 is 1.35 bits per heavy atom. The van der Waals surface area contributed by atoms with E-state index >= 15 is 0 Å². The Balaban J connectivity index is 3.91. The molecule has 0 aromatic rings. The van der Waals surface area contributed by atoms with Crippen LogP contribution in [0, 0.1) is 0 Å². The van der Waals surface area contributed by atoms with Crippen molar-refractivity contribution in [3.05, 3.63) is 12.2 Å². The van der Waals surface area contributed by atoms with E-state index < -0.39 is 26.5 Å². The molecule has 0 rings (SSSR count). The van der Waals surface area contributed by atoms with Gasteiger partial charge in [0.05, 0.1) is 13.2 Å². The Labute approximate surface area is 320 Å². The number of phosphoric acid groups is 1. The third-order valence-electron chi connectivity index (χ3n) is 9.55. The summed E-state index contributed by atoms with van der Waals surface area (Å²) in [6.07, 6.45) is 41.4. The first-order chi connectivity index (χ1) is 25.3. The largest absolute Gasteiger partial charge is 0.472 e. The van der Waals surface area contributed by atoms with E-state index in [1.165, 1.54) is 128 Å². The average molecular weight is 759 g/mol. The van der Waals surface area contributed by atoms with Crippen LogP contribution in [0.4, 0.5) is 0 Å². The molecular weight excluding hydrogens is 675 g/mol. The van der Waals surface area contributed by atoms with E-state index in [0.717, 1.165) is 57.8 Å². The summed E-state index contributed by atoms with van der Waals surface area (Å²) in [5, 5.41) is 0. The molecule has 0 aromatic carbocycles. The van der Waals surface area contributed by atoms with Gasteiger partial charge in [0.25, 0.3) is 0 Å². The smallest absolute Gasteiger partial charge is 0.462 e. The van der Waals surface area contributed by atoms with Gasteiger partial charge in [0, 0.05) is 12.8 Å². The van der Waals surface area contributed by atoms with Gasteiger partial charge < -0.3 is 14.4 Å². The number of esters is 2. The van der Waals surface area contributed by atoms with Crippen molar-refractivity contribution in [1.29, 1.82) is 0 Å². The van der Waals surface area contributed by atoms with Crippen LogP contribution >= 0.6 is 7.82 Å². The summed E-state index contributed by atoms with van der Waals surface area (Å²) < 4.78 is 32.6. The molecule has 0 heterocycles. The minimum Gasteiger partial charge on any atom is -0.462 e. The van der Waals surface area contributed by atoms with Crippen molar-refractivity contribution >= 4 is 19.8 Å². The van der Waals surface area contributed by atoms with Crippen molar-refractivity contribution in [1.82, 2.24) is 0 Å². The van der Waals surface area contributed by atoms with Gasteiger partial charge in [-0.3, -0.25) is 18.6 Å². The van der Waals surface area contributed by atoms with Crippen molar-refractivity contribution in [2.24, 2.45) is 0 Å². The van der Waals surface area contributed by atoms with Crippen LogP contribution in [0.25, 0.3) is 0 Å². The van der Waals surface area contributed by atoms with E-state index in [4.69, 9.17) is 18.5 Å². The molecule has 0 spiro atoms. The van der Waals surface area contributed by atoms with E-state index in [1.807, 2.05) is 0 Å². The van der Waals surface area contributed by atoms with Gasteiger partial charge in [-0.25, -0.2) is 4.57 Å². The van der Waals surface area contributed by atoms with Gasteiger partial charge in [-0.15, -0.1) is 0 Å². The van der Waals surface area contributed by atoms with Crippen LogP contribution in [0.1, 0.15) is 226 Å². The number of allylic oxidation sites excluding steroid dienone is 2. The van der Waals surface area contributed by atoms with E-state index in [9.17, 15) is 19.0 Å². The molecule has 0 radical (unpaired) electrons. The van der Waals surface area contributed by atoms with Crippen molar-refractivity contribution in [3.8, 4) is 0 Å². The summed E-state index contributed by atoms with van der Waals surface area (Å²) in [7, 11) is -4.27. The molecule has 0 saturated heterocycles. The molecular formula is C43H83O8P. The molecule has 2 atom stereocenters. The van der Waals surface area contributed by atoms with Crippen LogP contribution < -0.4 is 0 Å². The monoisotopic (exact) mass is 759 g/mol. The SMILES string of the molecule is CCC/C=C\CCCCCCCC(=O)OC(COC(=O)CCCCCCCCCCCCCCCCCCCCCCCC)COP(=O)(O)OCC. The predicted octanol–water partition coefficient (Wildman–Crippen LogP) is 13.7. The number of hydrogen-bond donors (Lipinski definition) is 1. The summed E-state index contributed by atoms with van der Waals surface area (Å²) in [4.78, 5) is 34.6. The summed E-state index contributed by atoms with van der Waals surface area (Å²) in [5.74, 6) is -0.799. The predicted molar refractivity (Wildman–Crippen MR) is 216 cm³/mol. The number of rotatable bonds is 41. The summed E-state index contributed by atoms with van der Waals surface area (Å²) in [5.41, 5.74) is 0. The van der Waals surface area contributed by atoms with Gasteiger partial charge in [0.15, 0.2) is 6.10 Å². The molecule has 0 fully saturated rings. The molecule has 0 bridgehead atoms. The van der Waals surface area contributed by atoms with E-state index in [0.29, 0.717) is 12.8 Å². The van der Waals surface area contributed by atoms with Crippen LogP contribution in [0.2, 0.25) is 0 Å². The molecule has 0 aromatic heterocycles. The molecule has 8 nitrogen and oxygen atoms in total. The van der Waals surface area contributed by atoms with Gasteiger partial charge in [-0.1, -0.05) is 187 Å². The molecule has 1 N–H and O–H groups in total. The minimum atomic E-state index is -4.27. The maximum atomic E-state index is 12.5. The molecule has 0 aliphatic carbocycles. The summed E-state index contributed by atoms with van der Waals surface area (Å²) >= 11 is 0. The Bertz CT molecular complexity index is 864. The van der Waals surface area contributed by atoms with Gasteiger partial charge >= 0.3 is 19.8 Å². The first-order valence-corrected chi connectivity index (χ1v) is 23.5. The third-order valence-corrected chi connectivity index (χ3v) is 10.6. The molecule has 2 unspecified atom stereocenters. The second-order valence-electron chi connectivity index (χ2n) is 14.7. The zero-order valence-electron chi connectivity index (χ0n) is 34.2. The summed E-state index contributed by atoms with van der Waals surface area (Å²) in [6.45, 7) is 5.43. The molecule has 308 valence electrons. The second kappa shape index (κ2) is 39.5. The number of unbranched alkanes of at least 4 members (excludes halogenated alkanes) is 27. The normalized spacial score (nSPS) is 13.4. The fourth-order valence-electron chi connectivity index (χ4n) is 6.34. The van der Waals surface area contributed by atoms with Crippen LogP contribution in [-0.4, -0.2) is 42.8 Å². The highest BCUT2D eigenvalue weighted by Gasteiger charge is 2.25. The first-order valence-electron chi connectivity index (χ1n) is 22.0. The Morgan fingerprint density at radius 1 is 0.500 bits per heavy atom. The van der Waals surface area contributed by atoms with Crippen molar-refractivity contribution in [2.45, 2.75) is 232 Å². The van der Waals surface area contributed by atoms with Crippen molar-refractivity contribution < 1.29 is 37.6 Å². The van der Waals surface area contributed by atoms with Crippen LogP contribution in [0.15, 0.2) is 12.2 Å². The Kier molecular flexibility index (Phi) is 38.6. The molecule has 0 saturated carbocycles. The van der Waals surface area contributed by atoms with E-state index in [-0.39, 0.29) is 25.6 Å². The number of phosphoric ester groups is 1. The minimum absolute atomic E-state index is 0.00177. The zero-order chi connectivity index (χ0) is 38.2. The number of carbonyl (C=O) groups is 2. The first kappa shape index (κ1) is 50.8. The molecule has 52 heavy (non-hydrogen) atoms. The maximum absolute atomic E-state index is 12.5. The Morgan fingerprint density at radius 2 is 0.904 bits per heavy atom. The lowest BCUT2D eigenvalue weighted by atomic mass is 10.0. The third kappa shape index (κ3) is 38.5. The molecule has 0 aliphatic heterocycles. The van der Waals surface area contributed by atoms with Gasteiger partial charge in [0.2, 0.25) is 0 Å². The zero-order valence-corrected chi connectivity index (χ0v) is 35.1. The van der Waals surface area contributed by atoms with Gasteiger partial charge in [-0.2, -0.15) is 0 Å². The fraction of sp³-hybridized carbons (Fsp3) is 0.907. The lowest BCUT2D eigenvalue weighted by Gasteiger charge is -2.19. The number of ether oxygens (including phenoxy) is 2. The van der Waals surface area contributed by atoms with Crippen LogP contribution in [0.3, 0.4) is 0 Å². The second-order valence-corrected chi connectivity index (χ2v) is 16.2. The van der Waals surface area contributed by atoms with Crippen LogP contribution in [-0.2, 0) is 32.7 Å². The lowest BCUT2D eigenvalue weighted by Crippen LogP contribution is -2.29. The van der Waals surface area contributed by atoms with E-state index in [2.05, 4.69) is 26.0 Å². The standard InChI is InChI=1S/C43H83O8P/c1-4-7-9-11-13-15-17-18-19-20-21-22-23-24-25-26-27-28-30-31-33-35-37-42(44)48-39-41(40-50-52(46,47)49-6-3)51-43(45)38-36-34-32-29-16-14-12-10-8-5-2/h10,12,41H,4-9,11,13-40H2,1-3H3,(H,46,47)/b12-10-. The topological polar surface area (TPSA) is 108 Å². The maximum Gasteiger partial charge on any atom is 0.472 e. The highest BCUT2D eigenvalue weighted by atomic mass is 31.2. The Hall–Kier alpha value is -1.21. The van der Waals surface area contributed by atoms with Gasteiger partial charge in [0.1, 0.15) is 6.61 Å². The number of carbonyl (C=O) groups excluding carboxylic acids is 2. The summed E-state index contributed by atoms with van der Waals surface area (Å²) in [6, 6.07) is 0. The molecule has 9 heteroatoms. The van der Waals surface area contributed by atoms with Gasteiger partial charge in [-0.05, 0) is 39.0 Å². The van der Waals surface area contributed by atoms with E-state index in [1.54, 1.807) is 6.92 Å². The molecule has 0 amide bonds. The number of hydrogen-bond acceptors (Lipinski definition) is 7. The highest BCUT2D eigenvalue weighted by molar-refractivity contribution is 7.47. The average Bonchev–Trinajstić information content (AvgIpc) is 3.12. The molecule has 0 aliphatic rings. The lowest BCUT2D eigenvalue weighted by molar-refractivity contribution is -0.161. The van der Waals surface area contributed by atoms with Crippen molar-refractivity contribution in [3.63, 3.8) is 0 Å². The fourth-order valence-corrected chi connectivity index (χ4v) is 7.09. The van der Waals surface area contributed by atoms with Crippen molar-refractivity contribution in [2.75, 3.05) is 19.8 Å².